The van der Waals surface area contributed by atoms with Gasteiger partial charge in [0.1, 0.15) is 0 Å². The smallest absolute Gasteiger partial charge is 0.239 e. The number of carbonyl (C=O) groups excluding carboxylic acids is 1. The standard InChI is InChI=1S/C12H15ClN2O/c13-10-4-1-3-9(7-10)8-15-6-2-5-11(14)12(15)16/h1,3-4,7,11H,2,5-6,8,14H2. The van der Waals surface area contributed by atoms with E-state index in [-0.39, 0.29) is 11.9 Å². The average molecular weight is 239 g/mol. The first-order valence-electron chi connectivity index (χ1n) is 5.45. The highest BCUT2D eigenvalue weighted by molar-refractivity contribution is 6.30. The zero-order valence-corrected chi connectivity index (χ0v) is 9.78. The van der Waals surface area contributed by atoms with Crippen LogP contribution in [-0.2, 0) is 11.3 Å². The van der Waals surface area contributed by atoms with Crippen molar-refractivity contribution in [1.29, 1.82) is 0 Å². The highest BCUT2D eigenvalue weighted by Gasteiger charge is 2.25. The van der Waals surface area contributed by atoms with Gasteiger partial charge in [-0.25, -0.2) is 0 Å². The molecule has 0 spiro atoms. The highest BCUT2D eigenvalue weighted by atomic mass is 35.5. The maximum atomic E-state index is 11.8. The predicted octanol–water partition coefficient (Wildman–Crippen LogP) is 1.79. The minimum absolute atomic E-state index is 0.0474. The van der Waals surface area contributed by atoms with Gasteiger partial charge in [-0.3, -0.25) is 4.79 Å². The van der Waals surface area contributed by atoms with E-state index in [2.05, 4.69) is 0 Å². The molecule has 86 valence electrons. The fraction of sp³-hybridized carbons (Fsp3) is 0.417. The van der Waals surface area contributed by atoms with Gasteiger partial charge in [-0.1, -0.05) is 23.7 Å². The average Bonchev–Trinajstić information content (AvgIpc) is 2.25. The number of carbonyl (C=O) groups is 1. The Morgan fingerprint density at radius 1 is 1.50 bits per heavy atom. The highest BCUT2D eigenvalue weighted by Crippen LogP contribution is 2.16. The molecule has 0 aliphatic carbocycles. The van der Waals surface area contributed by atoms with E-state index < -0.39 is 0 Å². The first-order valence-corrected chi connectivity index (χ1v) is 5.83. The van der Waals surface area contributed by atoms with E-state index in [4.69, 9.17) is 17.3 Å². The maximum absolute atomic E-state index is 11.8. The van der Waals surface area contributed by atoms with Crippen LogP contribution in [-0.4, -0.2) is 23.4 Å². The Morgan fingerprint density at radius 3 is 3.06 bits per heavy atom. The van der Waals surface area contributed by atoms with E-state index in [9.17, 15) is 4.79 Å². The molecular formula is C12H15ClN2O. The van der Waals surface area contributed by atoms with Crippen LogP contribution in [0.4, 0.5) is 0 Å². The minimum atomic E-state index is -0.326. The van der Waals surface area contributed by atoms with E-state index in [1.54, 1.807) is 4.90 Å². The Morgan fingerprint density at radius 2 is 2.31 bits per heavy atom. The lowest BCUT2D eigenvalue weighted by atomic mass is 10.0. The van der Waals surface area contributed by atoms with Crippen LogP contribution in [0.1, 0.15) is 18.4 Å². The molecule has 2 rings (SSSR count). The Bertz CT molecular complexity index is 394. The fourth-order valence-corrected chi connectivity index (χ4v) is 2.20. The Kier molecular flexibility index (Phi) is 3.46. The zero-order valence-electron chi connectivity index (χ0n) is 9.03. The summed E-state index contributed by atoms with van der Waals surface area (Å²) < 4.78 is 0. The second-order valence-electron chi connectivity index (χ2n) is 4.14. The van der Waals surface area contributed by atoms with Crippen molar-refractivity contribution < 1.29 is 4.79 Å². The number of hydrogen-bond donors (Lipinski definition) is 1. The molecule has 3 nitrogen and oxygen atoms in total. The number of rotatable bonds is 2. The number of likely N-dealkylation sites (tertiary alicyclic amines) is 1. The van der Waals surface area contributed by atoms with E-state index in [0.717, 1.165) is 24.9 Å². The lowest BCUT2D eigenvalue weighted by Gasteiger charge is -2.30. The molecule has 1 aromatic rings. The molecule has 1 fully saturated rings. The molecule has 1 amide bonds. The molecule has 0 aromatic heterocycles. The van der Waals surface area contributed by atoms with Crippen molar-refractivity contribution in [2.24, 2.45) is 5.73 Å². The van der Waals surface area contributed by atoms with Crippen LogP contribution in [0.3, 0.4) is 0 Å². The molecule has 4 heteroatoms. The van der Waals surface area contributed by atoms with Crippen molar-refractivity contribution in [3.63, 3.8) is 0 Å². The lowest BCUT2D eigenvalue weighted by Crippen LogP contribution is -2.47. The molecule has 1 unspecified atom stereocenters. The Labute approximate surface area is 100 Å². The van der Waals surface area contributed by atoms with E-state index in [1.807, 2.05) is 24.3 Å². The second kappa shape index (κ2) is 4.85. The zero-order chi connectivity index (χ0) is 11.5. The molecule has 1 heterocycles. The number of nitrogens with zero attached hydrogens (tertiary/aromatic N) is 1. The van der Waals surface area contributed by atoms with Gasteiger partial charge in [0.15, 0.2) is 0 Å². The van der Waals surface area contributed by atoms with Gasteiger partial charge >= 0.3 is 0 Å². The summed E-state index contributed by atoms with van der Waals surface area (Å²) in [6.45, 7) is 1.39. The Hall–Kier alpha value is -1.06. The summed E-state index contributed by atoms with van der Waals surface area (Å²) in [7, 11) is 0. The van der Waals surface area contributed by atoms with Gasteiger partial charge < -0.3 is 10.6 Å². The molecule has 1 aliphatic rings. The summed E-state index contributed by atoms with van der Waals surface area (Å²) in [5.41, 5.74) is 6.79. The van der Waals surface area contributed by atoms with Gasteiger partial charge in [-0.15, -0.1) is 0 Å². The quantitative estimate of drug-likeness (QED) is 0.854. The summed E-state index contributed by atoms with van der Waals surface area (Å²) in [6, 6.07) is 7.25. The topological polar surface area (TPSA) is 46.3 Å². The molecule has 16 heavy (non-hydrogen) atoms. The molecular weight excluding hydrogens is 224 g/mol. The van der Waals surface area contributed by atoms with Crippen LogP contribution in [0.15, 0.2) is 24.3 Å². The lowest BCUT2D eigenvalue weighted by molar-refractivity contribution is -0.135. The summed E-state index contributed by atoms with van der Waals surface area (Å²) in [5.74, 6) is 0.0474. The van der Waals surface area contributed by atoms with Crippen molar-refractivity contribution in [2.45, 2.75) is 25.4 Å². The monoisotopic (exact) mass is 238 g/mol. The molecule has 0 bridgehead atoms. The molecule has 0 saturated carbocycles. The predicted molar refractivity (Wildman–Crippen MR) is 64.1 cm³/mol. The van der Waals surface area contributed by atoms with E-state index >= 15 is 0 Å². The molecule has 1 aliphatic heterocycles. The maximum Gasteiger partial charge on any atom is 0.239 e. The van der Waals surface area contributed by atoms with Gasteiger partial charge in [0.2, 0.25) is 5.91 Å². The third-order valence-electron chi connectivity index (χ3n) is 2.83. The normalized spacial score (nSPS) is 21.2. The van der Waals surface area contributed by atoms with Crippen LogP contribution in [0.2, 0.25) is 5.02 Å². The van der Waals surface area contributed by atoms with E-state index in [0.29, 0.717) is 11.6 Å². The fourth-order valence-electron chi connectivity index (χ4n) is 1.98. The largest absolute Gasteiger partial charge is 0.337 e. The van der Waals surface area contributed by atoms with Gasteiger partial charge in [-0.2, -0.15) is 0 Å². The van der Waals surface area contributed by atoms with Gasteiger partial charge in [0, 0.05) is 18.1 Å². The third kappa shape index (κ3) is 2.54. The van der Waals surface area contributed by atoms with Crippen molar-refractivity contribution in [2.75, 3.05) is 6.54 Å². The summed E-state index contributed by atoms with van der Waals surface area (Å²) >= 11 is 5.90. The molecule has 1 saturated heterocycles. The number of piperidine rings is 1. The minimum Gasteiger partial charge on any atom is -0.337 e. The van der Waals surface area contributed by atoms with Gasteiger partial charge in [0.05, 0.1) is 6.04 Å². The van der Waals surface area contributed by atoms with Crippen molar-refractivity contribution in [3.8, 4) is 0 Å². The van der Waals surface area contributed by atoms with Crippen LogP contribution < -0.4 is 5.73 Å². The first kappa shape index (κ1) is 11.4. The first-order chi connectivity index (χ1) is 7.66. The van der Waals surface area contributed by atoms with Gasteiger partial charge in [-0.05, 0) is 30.5 Å². The summed E-state index contributed by atoms with van der Waals surface area (Å²) in [4.78, 5) is 13.6. The van der Waals surface area contributed by atoms with Crippen LogP contribution >= 0.6 is 11.6 Å². The number of nitrogens with two attached hydrogens (primary N) is 1. The molecule has 2 N–H and O–H groups in total. The van der Waals surface area contributed by atoms with Crippen molar-refractivity contribution in [1.82, 2.24) is 4.90 Å². The van der Waals surface area contributed by atoms with E-state index in [1.165, 1.54) is 0 Å². The van der Waals surface area contributed by atoms with Crippen LogP contribution in [0.5, 0.6) is 0 Å². The third-order valence-corrected chi connectivity index (χ3v) is 3.07. The van der Waals surface area contributed by atoms with Crippen LogP contribution in [0, 0.1) is 0 Å². The van der Waals surface area contributed by atoms with Crippen molar-refractivity contribution >= 4 is 17.5 Å². The number of benzene rings is 1. The molecule has 0 radical (unpaired) electrons. The summed E-state index contributed by atoms with van der Waals surface area (Å²) in [6.07, 6.45) is 1.78. The summed E-state index contributed by atoms with van der Waals surface area (Å²) in [5, 5.41) is 0.700. The Balaban J connectivity index is 2.06. The van der Waals surface area contributed by atoms with Gasteiger partial charge in [0.25, 0.3) is 0 Å². The second-order valence-corrected chi connectivity index (χ2v) is 4.57. The van der Waals surface area contributed by atoms with Crippen LogP contribution in [0.25, 0.3) is 0 Å². The number of hydrogen-bond acceptors (Lipinski definition) is 2. The number of halogens is 1. The SMILES string of the molecule is NC1CCCN(Cc2cccc(Cl)c2)C1=O. The molecule has 1 atom stereocenters. The van der Waals surface area contributed by atoms with Crippen molar-refractivity contribution in [3.05, 3.63) is 34.9 Å². The molecule has 1 aromatic carbocycles. The number of amides is 1.